The van der Waals surface area contributed by atoms with Crippen LogP contribution in [0.3, 0.4) is 0 Å². The highest BCUT2D eigenvalue weighted by Gasteiger charge is 2.14. The first kappa shape index (κ1) is 19.4. The SMILES string of the molecule is Cc1ccc(-c2cc(C(=O)NCCCN3CCNCC3)on2)cc1.Cl. The third-order valence-electron chi connectivity index (χ3n) is 4.23. The van der Waals surface area contributed by atoms with Crippen LogP contribution in [-0.2, 0) is 0 Å². The number of carbonyl (C=O) groups is 1. The zero-order valence-corrected chi connectivity index (χ0v) is 15.3. The van der Waals surface area contributed by atoms with E-state index in [2.05, 4.69) is 20.7 Å². The average Bonchev–Trinajstić information content (AvgIpc) is 3.10. The Labute approximate surface area is 154 Å². The predicted molar refractivity (Wildman–Crippen MR) is 100 cm³/mol. The van der Waals surface area contributed by atoms with Crippen molar-refractivity contribution in [1.29, 1.82) is 0 Å². The number of amides is 1. The molecule has 0 unspecified atom stereocenters. The first-order valence-electron chi connectivity index (χ1n) is 8.47. The fourth-order valence-electron chi connectivity index (χ4n) is 2.77. The van der Waals surface area contributed by atoms with Crippen molar-refractivity contribution in [3.8, 4) is 11.3 Å². The van der Waals surface area contributed by atoms with Gasteiger partial charge in [-0.15, -0.1) is 12.4 Å². The van der Waals surface area contributed by atoms with Crippen LogP contribution in [-0.4, -0.2) is 55.2 Å². The molecule has 3 rings (SSSR count). The monoisotopic (exact) mass is 364 g/mol. The molecule has 0 spiro atoms. The van der Waals surface area contributed by atoms with E-state index in [9.17, 15) is 4.79 Å². The van der Waals surface area contributed by atoms with Gasteiger partial charge < -0.3 is 20.1 Å². The molecule has 2 heterocycles. The van der Waals surface area contributed by atoms with E-state index in [4.69, 9.17) is 4.52 Å². The summed E-state index contributed by atoms with van der Waals surface area (Å²) in [7, 11) is 0. The van der Waals surface area contributed by atoms with Crippen molar-refractivity contribution < 1.29 is 9.32 Å². The predicted octanol–water partition coefficient (Wildman–Crippen LogP) is 2.10. The van der Waals surface area contributed by atoms with Gasteiger partial charge in [0, 0.05) is 44.4 Å². The molecule has 136 valence electrons. The maximum atomic E-state index is 12.1. The second-order valence-electron chi connectivity index (χ2n) is 6.14. The van der Waals surface area contributed by atoms with Gasteiger partial charge in [-0.1, -0.05) is 35.0 Å². The van der Waals surface area contributed by atoms with Crippen LogP contribution in [0.25, 0.3) is 11.3 Å². The van der Waals surface area contributed by atoms with E-state index in [1.54, 1.807) is 6.07 Å². The van der Waals surface area contributed by atoms with Gasteiger partial charge in [0.2, 0.25) is 5.76 Å². The summed E-state index contributed by atoms with van der Waals surface area (Å²) in [4.78, 5) is 14.5. The number of carbonyl (C=O) groups excluding carboxylic acids is 1. The van der Waals surface area contributed by atoms with Crippen LogP contribution < -0.4 is 10.6 Å². The van der Waals surface area contributed by atoms with Crippen molar-refractivity contribution in [2.75, 3.05) is 39.3 Å². The molecule has 25 heavy (non-hydrogen) atoms. The number of piperazine rings is 1. The zero-order chi connectivity index (χ0) is 16.8. The molecule has 1 fully saturated rings. The van der Waals surface area contributed by atoms with E-state index in [1.165, 1.54) is 5.56 Å². The molecule has 1 aliphatic rings. The topological polar surface area (TPSA) is 70.4 Å². The molecule has 2 N–H and O–H groups in total. The molecule has 0 atom stereocenters. The van der Waals surface area contributed by atoms with Gasteiger partial charge in [0.25, 0.3) is 5.91 Å². The zero-order valence-electron chi connectivity index (χ0n) is 14.5. The normalized spacial score (nSPS) is 14.8. The minimum Gasteiger partial charge on any atom is -0.350 e. The molecular weight excluding hydrogens is 340 g/mol. The lowest BCUT2D eigenvalue weighted by atomic mass is 10.1. The Balaban J connectivity index is 0.00000225. The summed E-state index contributed by atoms with van der Waals surface area (Å²) in [5.74, 6) is 0.0499. The highest BCUT2D eigenvalue weighted by atomic mass is 35.5. The van der Waals surface area contributed by atoms with Crippen LogP contribution in [0.15, 0.2) is 34.9 Å². The molecule has 1 aliphatic heterocycles. The Hall–Kier alpha value is -1.89. The summed E-state index contributed by atoms with van der Waals surface area (Å²) >= 11 is 0. The third-order valence-corrected chi connectivity index (χ3v) is 4.23. The minimum atomic E-state index is -0.207. The van der Waals surface area contributed by atoms with Crippen LogP contribution in [0, 0.1) is 6.92 Å². The Morgan fingerprint density at radius 2 is 2.00 bits per heavy atom. The summed E-state index contributed by atoms with van der Waals surface area (Å²) in [6, 6.07) is 9.67. The van der Waals surface area contributed by atoms with Gasteiger partial charge in [-0.2, -0.15) is 0 Å². The van der Waals surface area contributed by atoms with Crippen molar-refractivity contribution in [3.05, 3.63) is 41.7 Å². The molecule has 0 radical (unpaired) electrons. The minimum absolute atomic E-state index is 0. The molecule has 7 heteroatoms. The van der Waals surface area contributed by atoms with E-state index < -0.39 is 0 Å². The Kier molecular flexibility index (Phi) is 7.43. The van der Waals surface area contributed by atoms with Gasteiger partial charge in [-0.05, 0) is 19.9 Å². The number of aryl methyl sites for hydroxylation is 1. The Morgan fingerprint density at radius 3 is 2.72 bits per heavy atom. The Morgan fingerprint density at radius 1 is 1.28 bits per heavy atom. The maximum Gasteiger partial charge on any atom is 0.289 e. The van der Waals surface area contributed by atoms with Crippen molar-refractivity contribution in [1.82, 2.24) is 20.7 Å². The van der Waals surface area contributed by atoms with Crippen molar-refractivity contribution in [3.63, 3.8) is 0 Å². The molecule has 1 saturated heterocycles. The summed E-state index contributed by atoms with van der Waals surface area (Å²) in [6.45, 7) is 7.94. The van der Waals surface area contributed by atoms with Gasteiger partial charge in [-0.3, -0.25) is 4.79 Å². The van der Waals surface area contributed by atoms with Crippen LogP contribution in [0.4, 0.5) is 0 Å². The van der Waals surface area contributed by atoms with Crippen LogP contribution in [0.2, 0.25) is 0 Å². The Bertz CT molecular complexity index is 666. The highest BCUT2D eigenvalue weighted by molar-refractivity contribution is 5.92. The summed E-state index contributed by atoms with van der Waals surface area (Å²) in [6.07, 6.45) is 0.935. The van der Waals surface area contributed by atoms with Crippen molar-refractivity contribution in [2.24, 2.45) is 0 Å². The molecule has 0 saturated carbocycles. The molecule has 1 aromatic heterocycles. The molecule has 0 bridgehead atoms. The molecule has 1 amide bonds. The molecular formula is C18H25ClN4O2. The first-order chi connectivity index (χ1) is 11.7. The van der Waals surface area contributed by atoms with Gasteiger partial charge >= 0.3 is 0 Å². The van der Waals surface area contributed by atoms with Gasteiger partial charge in [0.15, 0.2) is 0 Å². The third kappa shape index (κ3) is 5.56. The van der Waals surface area contributed by atoms with Crippen molar-refractivity contribution >= 4 is 18.3 Å². The van der Waals surface area contributed by atoms with E-state index >= 15 is 0 Å². The van der Waals surface area contributed by atoms with E-state index in [0.29, 0.717) is 12.2 Å². The maximum absolute atomic E-state index is 12.1. The molecule has 0 aliphatic carbocycles. The van der Waals surface area contributed by atoms with Gasteiger partial charge in [0.05, 0.1) is 0 Å². The second-order valence-corrected chi connectivity index (χ2v) is 6.14. The average molecular weight is 365 g/mol. The number of rotatable bonds is 6. The van der Waals surface area contributed by atoms with Gasteiger partial charge in [0.1, 0.15) is 5.69 Å². The number of benzene rings is 1. The summed E-state index contributed by atoms with van der Waals surface area (Å²) in [5.41, 5.74) is 2.81. The smallest absolute Gasteiger partial charge is 0.289 e. The summed E-state index contributed by atoms with van der Waals surface area (Å²) in [5, 5.41) is 10.2. The number of hydrogen-bond donors (Lipinski definition) is 2. The van der Waals surface area contributed by atoms with Crippen LogP contribution in [0.5, 0.6) is 0 Å². The van der Waals surface area contributed by atoms with Crippen LogP contribution in [0.1, 0.15) is 22.5 Å². The number of aromatic nitrogens is 1. The second kappa shape index (κ2) is 9.56. The lowest BCUT2D eigenvalue weighted by Crippen LogP contribution is -2.44. The standard InChI is InChI=1S/C18H24N4O2.ClH/c1-14-3-5-15(6-4-14)16-13-17(24-21-16)18(23)20-7-2-10-22-11-8-19-9-12-22;/h3-6,13,19H,2,7-12H2,1H3,(H,20,23);1H. The number of halogens is 1. The number of nitrogens with one attached hydrogen (secondary N) is 2. The van der Waals surface area contributed by atoms with E-state index in [1.807, 2.05) is 31.2 Å². The number of nitrogens with zero attached hydrogens (tertiary/aromatic N) is 2. The first-order valence-corrected chi connectivity index (χ1v) is 8.47. The van der Waals surface area contributed by atoms with Crippen LogP contribution >= 0.6 is 12.4 Å². The summed E-state index contributed by atoms with van der Waals surface area (Å²) < 4.78 is 5.18. The molecule has 2 aromatic rings. The number of hydrogen-bond acceptors (Lipinski definition) is 5. The van der Waals surface area contributed by atoms with E-state index in [0.717, 1.165) is 44.7 Å². The lowest BCUT2D eigenvalue weighted by Gasteiger charge is -2.26. The van der Waals surface area contributed by atoms with E-state index in [-0.39, 0.29) is 24.1 Å². The molecule has 1 aromatic carbocycles. The van der Waals surface area contributed by atoms with Gasteiger partial charge in [-0.25, -0.2) is 0 Å². The fraction of sp³-hybridized carbons (Fsp3) is 0.444. The largest absolute Gasteiger partial charge is 0.350 e. The fourth-order valence-corrected chi connectivity index (χ4v) is 2.77. The van der Waals surface area contributed by atoms with Crippen molar-refractivity contribution in [2.45, 2.75) is 13.3 Å². The highest BCUT2D eigenvalue weighted by Crippen LogP contribution is 2.19. The lowest BCUT2D eigenvalue weighted by molar-refractivity contribution is 0.0914. The molecule has 6 nitrogen and oxygen atoms in total. The quantitative estimate of drug-likeness (QED) is 0.768.